The van der Waals surface area contributed by atoms with Crippen LogP contribution in [0.5, 0.6) is 0 Å². The molecule has 0 spiro atoms. The zero-order chi connectivity index (χ0) is 25.1. The van der Waals surface area contributed by atoms with Gasteiger partial charge in [-0.15, -0.1) is 0 Å². The molecule has 0 N–H and O–H groups in total. The van der Waals surface area contributed by atoms with Crippen molar-refractivity contribution in [2.75, 3.05) is 32.8 Å². The van der Waals surface area contributed by atoms with Gasteiger partial charge in [-0.25, -0.2) is 9.59 Å². The van der Waals surface area contributed by atoms with Crippen molar-refractivity contribution in [1.82, 2.24) is 4.90 Å². The molecule has 5 atom stereocenters. The second kappa shape index (κ2) is 10.9. The number of likely N-dealkylation sites (tertiary alicyclic amines) is 1. The number of hydrogen-bond donors (Lipinski definition) is 0. The Balaban J connectivity index is 1.24. The van der Waals surface area contributed by atoms with Crippen molar-refractivity contribution < 1.29 is 28.5 Å². The minimum absolute atomic E-state index is 0.0605. The van der Waals surface area contributed by atoms with Crippen LogP contribution in [-0.2, 0) is 28.5 Å². The molecular formula is C29H37NO6. The van der Waals surface area contributed by atoms with E-state index in [1.807, 2.05) is 30.3 Å². The summed E-state index contributed by atoms with van der Waals surface area (Å²) >= 11 is 0. The SMILES string of the molecule is C=C1C(=O)O[C@H]2[C@H]1CC/C(COC(C(=O)OCCN1CCCC1)c1ccccc1)=C/CC[C@@]1(C)O[C@@H]21. The predicted octanol–water partition coefficient (Wildman–Crippen LogP) is 4.14. The number of esters is 2. The molecule has 0 radical (unpaired) electrons. The molecule has 0 saturated carbocycles. The molecule has 194 valence electrons. The van der Waals surface area contributed by atoms with Crippen molar-refractivity contribution in [3.63, 3.8) is 0 Å². The number of benzene rings is 1. The first-order valence-electron chi connectivity index (χ1n) is 13.3. The van der Waals surface area contributed by atoms with E-state index in [2.05, 4.69) is 24.5 Å². The molecule has 3 saturated heterocycles. The number of ether oxygens (including phenoxy) is 4. The van der Waals surface area contributed by atoms with Crippen molar-refractivity contribution in [3.8, 4) is 0 Å². The molecular weight excluding hydrogens is 458 g/mol. The van der Waals surface area contributed by atoms with Gasteiger partial charge in [0, 0.05) is 18.0 Å². The highest BCUT2D eigenvalue weighted by atomic mass is 16.6. The van der Waals surface area contributed by atoms with Crippen LogP contribution >= 0.6 is 0 Å². The van der Waals surface area contributed by atoms with Gasteiger partial charge in [0.25, 0.3) is 0 Å². The fourth-order valence-electron chi connectivity index (χ4n) is 5.73. The Bertz CT molecular complexity index is 1000. The number of rotatable bonds is 8. The van der Waals surface area contributed by atoms with E-state index in [1.165, 1.54) is 12.8 Å². The summed E-state index contributed by atoms with van der Waals surface area (Å²) in [5, 5.41) is 0. The van der Waals surface area contributed by atoms with Crippen LogP contribution in [0.4, 0.5) is 0 Å². The summed E-state index contributed by atoms with van der Waals surface area (Å²) in [5.74, 6) is -0.734. The minimum Gasteiger partial charge on any atom is -0.462 e. The quantitative estimate of drug-likeness (QED) is 0.232. The Kier molecular flexibility index (Phi) is 7.60. The van der Waals surface area contributed by atoms with Gasteiger partial charge < -0.3 is 18.9 Å². The lowest BCUT2D eigenvalue weighted by atomic mass is 9.84. The largest absolute Gasteiger partial charge is 0.462 e. The molecule has 3 aliphatic heterocycles. The smallest absolute Gasteiger partial charge is 0.339 e. The zero-order valence-electron chi connectivity index (χ0n) is 21.2. The minimum atomic E-state index is -0.783. The van der Waals surface area contributed by atoms with Crippen LogP contribution in [-0.4, -0.2) is 67.5 Å². The van der Waals surface area contributed by atoms with E-state index in [0.29, 0.717) is 18.8 Å². The highest BCUT2D eigenvalue weighted by molar-refractivity contribution is 5.91. The molecule has 7 heteroatoms. The first-order chi connectivity index (χ1) is 17.4. The zero-order valence-corrected chi connectivity index (χ0v) is 21.2. The highest BCUT2D eigenvalue weighted by Gasteiger charge is 2.61. The van der Waals surface area contributed by atoms with Crippen molar-refractivity contribution >= 4 is 11.9 Å². The summed E-state index contributed by atoms with van der Waals surface area (Å²) < 4.78 is 23.5. The number of epoxide rings is 1. The van der Waals surface area contributed by atoms with Crippen LogP contribution in [0.15, 0.2) is 54.1 Å². The third-order valence-corrected chi connectivity index (χ3v) is 8.04. The average Bonchev–Trinajstić information content (AvgIpc) is 3.16. The topological polar surface area (TPSA) is 77.6 Å². The second-order valence-corrected chi connectivity index (χ2v) is 10.6. The number of carbonyl (C=O) groups excluding carboxylic acids is 2. The third kappa shape index (κ3) is 5.58. The van der Waals surface area contributed by atoms with E-state index < -0.39 is 6.10 Å². The van der Waals surface area contributed by atoms with Gasteiger partial charge in [-0.2, -0.15) is 0 Å². The number of nitrogens with zero attached hydrogens (tertiary/aromatic N) is 1. The number of allylic oxidation sites excluding steroid dienone is 1. The van der Waals surface area contributed by atoms with Gasteiger partial charge in [0.15, 0.2) is 6.10 Å². The summed E-state index contributed by atoms with van der Waals surface area (Å²) in [6.07, 6.45) is 6.67. The summed E-state index contributed by atoms with van der Waals surface area (Å²) in [7, 11) is 0. The highest BCUT2D eigenvalue weighted by Crippen LogP contribution is 2.49. The number of fused-ring (bicyclic) bond motifs is 3. The second-order valence-electron chi connectivity index (χ2n) is 10.6. The molecule has 36 heavy (non-hydrogen) atoms. The third-order valence-electron chi connectivity index (χ3n) is 8.04. The van der Waals surface area contributed by atoms with E-state index >= 15 is 0 Å². The number of hydrogen-bond acceptors (Lipinski definition) is 7. The monoisotopic (exact) mass is 495 g/mol. The maximum Gasteiger partial charge on any atom is 0.339 e. The molecule has 5 rings (SSSR count). The Morgan fingerprint density at radius 2 is 2.03 bits per heavy atom. The molecule has 1 unspecified atom stereocenters. The molecule has 1 aromatic rings. The van der Waals surface area contributed by atoms with Crippen LogP contribution in [0.1, 0.15) is 57.1 Å². The Hall–Kier alpha value is -2.48. The summed E-state index contributed by atoms with van der Waals surface area (Å²) in [6, 6.07) is 9.53. The Labute approximate surface area is 213 Å². The van der Waals surface area contributed by atoms with E-state index in [-0.39, 0.29) is 35.7 Å². The molecule has 0 aromatic heterocycles. The molecule has 1 aliphatic carbocycles. The lowest BCUT2D eigenvalue weighted by molar-refractivity contribution is -0.157. The lowest BCUT2D eigenvalue weighted by Crippen LogP contribution is -2.29. The molecule has 7 nitrogen and oxygen atoms in total. The van der Waals surface area contributed by atoms with Gasteiger partial charge in [0.05, 0.1) is 12.2 Å². The molecule has 0 amide bonds. The Morgan fingerprint density at radius 1 is 1.25 bits per heavy atom. The standard InChI is InChI=1S/C29H37NO6/c1-20-23-13-12-21(9-8-14-29(2)26(36-29)25(23)35-27(20)31)19-34-24(22-10-4-3-5-11-22)28(32)33-18-17-30-15-6-7-16-30/h3-5,9-11,23-26H,1,6-8,12-19H2,2H3/b21-9-/t23-,24?,25-,26-,29+/m0/s1. The lowest BCUT2D eigenvalue weighted by Gasteiger charge is -2.22. The maximum atomic E-state index is 13.1. The molecule has 1 aromatic carbocycles. The van der Waals surface area contributed by atoms with Crippen LogP contribution < -0.4 is 0 Å². The van der Waals surface area contributed by atoms with Crippen molar-refractivity contribution in [1.29, 1.82) is 0 Å². The van der Waals surface area contributed by atoms with E-state index in [0.717, 1.165) is 56.5 Å². The van der Waals surface area contributed by atoms with Crippen molar-refractivity contribution in [2.45, 2.75) is 69.4 Å². The molecule has 3 heterocycles. The summed E-state index contributed by atoms with van der Waals surface area (Å²) in [4.78, 5) is 27.6. The van der Waals surface area contributed by atoms with Crippen molar-refractivity contribution in [3.05, 3.63) is 59.7 Å². The van der Waals surface area contributed by atoms with E-state index in [4.69, 9.17) is 18.9 Å². The fourth-order valence-corrected chi connectivity index (χ4v) is 5.73. The normalized spacial score (nSPS) is 32.6. The van der Waals surface area contributed by atoms with E-state index in [9.17, 15) is 9.59 Å². The van der Waals surface area contributed by atoms with Gasteiger partial charge in [0.2, 0.25) is 0 Å². The Morgan fingerprint density at radius 3 is 2.81 bits per heavy atom. The summed E-state index contributed by atoms with van der Waals surface area (Å²) in [6.45, 7) is 9.66. The number of carbonyl (C=O) groups is 2. The van der Waals surface area contributed by atoms with E-state index in [1.54, 1.807) is 0 Å². The first kappa shape index (κ1) is 25.2. The van der Waals surface area contributed by atoms with Gasteiger partial charge in [-0.05, 0) is 69.7 Å². The molecule has 4 aliphatic rings. The maximum absolute atomic E-state index is 13.1. The van der Waals surface area contributed by atoms with Crippen LogP contribution in [0.3, 0.4) is 0 Å². The van der Waals surface area contributed by atoms with Crippen LogP contribution in [0.25, 0.3) is 0 Å². The van der Waals surface area contributed by atoms with Gasteiger partial charge >= 0.3 is 11.9 Å². The average molecular weight is 496 g/mol. The summed E-state index contributed by atoms with van der Waals surface area (Å²) in [5.41, 5.74) is 2.14. The van der Waals surface area contributed by atoms with Crippen molar-refractivity contribution in [2.24, 2.45) is 5.92 Å². The molecule has 0 bridgehead atoms. The van der Waals surface area contributed by atoms with Gasteiger partial charge in [-0.1, -0.05) is 43.0 Å². The van der Waals surface area contributed by atoms with Gasteiger partial charge in [0.1, 0.15) is 18.8 Å². The predicted molar refractivity (Wildman–Crippen MR) is 134 cm³/mol. The van der Waals surface area contributed by atoms with Crippen LogP contribution in [0, 0.1) is 5.92 Å². The molecule has 3 fully saturated rings. The first-order valence-corrected chi connectivity index (χ1v) is 13.3. The fraction of sp³-hybridized carbons (Fsp3) is 0.586. The van der Waals surface area contributed by atoms with Gasteiger partial charge in [-0.3, -0.25) is 4.90 Å². The van der Waals surface area contributed by atoms with Crippen LogP contribution in [0.2, 0.25) is 0 Å².